The van der Waals surface area contributed by atoms with Crippen molar-refractivity contribution < 1.29 is 12.8 Å². The van der Waals surface area contributed by atoms with Crippen LogP contribution in [-0.4, -0.2) is 38.9 Å². The summed E-state index contributed by atoms with van der Waals surface area (Å²) < 4.78 is 39.7. The Hall–Kier alpha value is -1.92. The van der Waals surface area contributed by atoms with Crippen LogP contribution in [0.15, 0.2) is 48.5 Å². The minimum absolute atomic E-state index is 0.0316. The van der Waals surface area contributed by atoms with Crippen molar-refractivity contribution in [3.63, 3.8) is 0 Å². The van der Waals surface area contributed by atoms with Crippen molar-refractivity contribution in [3.8, 4) is 0 Å². The van der Waals surface area contributed by atoms with Crippen molar-refractivity contribution >= 4 is 15.7 Å². The average molecular weight is 348 g/mol. The Balaban J connectivity index is 1.62. The van der Waals surface area contributed by atoms with Crippen LogP contribution in [0.3, 0.4) is 0 Å². The zero-order chi connectivity index (χ0) is 17.2. The number of rotatable bonds is 4. The van der Waals surface area contributed by atoms with E-state index in [2.05, 4.69) is 4.90 Å². The van der Waals surface area contributed by atoms with E-state index >= 15 is 0 Å². The van der Waals surface area contributed by atoms with Gasteiger partial charge in [0.05, 0.1) is 5.75 Å². The summed E-state index contributed by atoms with van der Waals surface area (Å²) in [6, 6.07) is 13.9. The molecule has 4 nitrogen and oxygen atoms in total. The largest absolute Gasteiger partial charge is 0.369 e. The summed E-state index contributed by atoms with van der Waals surface area (Å²) in [6.07, 6.45) is 0. The lowest BCUT2D eigenvalue weighted by Gasteiger charge is -2.35. The van der Waals surface area contributed by atoms with Gasteiger partial charge in [0.15, 0.2) is 0 Å². The van der Waals surface area contributed by atoms with Crippen molar-refractivity contribution in [1.29, 1.82) is 0 Å². The fraction of sp³-hybridized carbons (Fsp3) is 0.333. The molecule has 6 heteroatoms. The molecule has 0 spiro atoms. The van der Waals surface area contributed by atoms with Crippen molar-refractivity contribution in [2.75, 3.05) is 31.1 Å². The summed E-state index contributed by atoms with van der Waals surface area (Å²) in [6.45, 7) is 4.10. The molecule has 1 saturated heterocycles. The van der Waals surface area contributed by atoms with Gasteiger partial charge < -0.3 is 4.90 Å². The summed E-state index contributed by atoms with van der Waals surface area (Å²) in [7, 11) is -3.31. The van der Waals surface area contributed by atoms with E-state index < -0.39 is 10.0 Å². The molecule has 0 aliphatic carbocycles. The van der Waals surface area contributed by atoms with Crippen LogP contribution in [0.2, 0.25) is 0 Å². The molecule has 0 bridgehead atoms. The highest BCUT2D eigenvalue weighted by Gasteiger charge is 2.27. The van der Waals surface area contributed by atoms with Crippen LogP contribution in [0, 0.1) is 12.7 Å². The fourth-order valence-corrected chi connectivity index (χ4v) is 4.38. The molecule has 2 aromatic rings. The highest BCUT2D eigenvalue weighted by atomic mass is 32.2. The predicted molar refractivity (Wildman–Crippen MR) is 94.0 cm³/mol. The van der Waals surface area contributed by atoms with Crippen molar-refractivity contribution in [2.24, 2.45) is 0 Å². The van der Waals surface area contributed by atoms with Crippen molar-refractivity contribution in [1.82, 2.24) is 4.31 Å². The number of hydrogen-bond acceptors (Lipinski definition) is 3. The van der Waals surface area contributed by atoms with Gasteiger partial charge in [-0.2, -0.15) is 4.31 Å². The van der Waals surface area contributed by atoms with Gasteiger partial charge in [-0.15, -0.1) is 0 Å². The first-order chi connectivity index (χ1) is 11.4. The Kier molecular flexibility index (Phi) is 4.87. The SMILES string of the molecule is Cc1ccc(CS(=O)(=O)N2CCN(c3ccc(F)cc3)CC2)cc1. The molecule has 0 unspecified atom stereocenters. The first-order valence-electron chi connectivity index (χ1n) is 7.98. The molecule has 1 heterocycles. The molecule has 0 amide bonds. The first-order valence-corrected chi connectivity index (χ1v) is 9.59. The van der Waals surface area contributed by atoms with Gasteiger partial charge in [0.25, 0.3) is 0 Å². The van der Waals surface area contributed by atoms with E-state index in [0.717, 1.165) is 16.8 Å². The van der Waals surface area contributed by atoms with Gasteiger partial charge in [-0.1, -0.05) is 29.8 Å². The Bertz CT molecular complexity index is 781. The Labute approximate surface area is 142 Å². The van der Waals surface area contributed by atoms with Gasteiger partial charge >= 0.3 is 0 Å². The molecule has 0 radical (unpaired) electrons. The maximum absolute atomic E-state index is 13.0. The molecular weight excluding hydrogens is 327 g/mol. The summed E-state index contributed by atoms with van der Waals surface area (Å²) in [5.74, 6) is -0.234. The molecule has 128 valence electrons. The molecular formula is C18H21FN2O2S. The third-order valence-corrected chi connectivity index (χ3v) is 6.14. The molecule has 0 N–H and O–H groups in total. The van der Waals surface area contributed by atoms with Gasteiger partial charge in [-0.3, -0.25) is 0 Å². The minimum atomic E-state index is -3.31. The summed E-state index contributed by atoms with van der Waals surface area (Å²) in [4.78, 5) is 2.08. The third kappa shape index (κ3) is 3.94. The number of hydrogen-bond donors (Lipinski definition) is 0. The lowest BCUT2D eigenvalue weighted by Crippen LogP contribution is -2.49. The summed E-state index contributed by atoms with van der Waals surface area (Å²) in [5.41, 5.74) is 2.85. The molecule has 0 atom stereocenters. The van der Waals surface area contributed by atoms with E-state index in [4.69, 9.17) is 0 Å². The van der Waals surface area contributed by atoms with E-state index in [-0.39, 0.29) is 11.6 Å². The summed E-state index contributed by atoms with van der Waals surface area (Å²) in [5, 5.41) is 0. The number of sulfonamides is 1. The number of piperazine rings is 1. The van der Waals surface area contributed by atoms with Gasteiger partial charge in [-0.05, 0) is 36.8 Å². The quantitative estimate of drug-likeness (QED) is 0.853. The van der Waals surface area contributed by atoms with Crippen LogP contribution in [-0.2, 0) is 15.8 Å². The average Bonchev–Trinajstić information content (AvgIpc) is 2.58. The number of halogens is 1. The number of aryl methyl sites for hydroxylation is 1. The van der Waals surface area contributed by atoms with Crippen LogP contribution in [0.1, 0.15) is 11.1 Å². The maximum atomic E-state index is 13.0. The molecule has 3 rings (SSSR count). The molecule has 24 heavy (non-hydrogen) atoms. The Morgan fingerprint density at radius 3 is 2.08 bits per heavy atom. The topological polar surface area (TPSA) is 40.6 Å². The second-order valence-corrected chi connectivity index (χ2v) is 8.07. The fourth-order valence-electron chi connectivity index (χ4n) is 2.86. The second kappa shape index (κ2) is 6.91. The van der Waals surface area contributed by atoms with E-state index in [1.807, 2.05) is 31.2 Å². The zero-order valence-corrected chi connectivity index (χ0v) is 14.5. The number of benzene rings is 2. The van der Waals surface area contributed by atoms with Crippen LogP contribution in [0.5, 0.6) is 0 Å². The normalized spacial score (nSPS) is 16.3. The molecule has 1 aliphatic rings. The molecule has 0 saturated carbocycles. The summed E-state index contributed by atoms with van der Waals surface area (Å²) >= 11 is 0. The van der Waals surface area contributed by atoms with Crippen LogP contribution in [0.4, 0.5) is 10.1 Å². The van der Waals surface area contributed by atoms with Gasteiger partial charge in [0.1, 0.15) is 5.82 Å². The Morgan fingerprint density at radius 1 is 0.917 bits per heavy atom. The van der Waals surface area contributed by atoms with E-state index in [1.165, 1.54) is 12.1 Å². The third-order valence-electron chi connectivity index (χ3n) is 4.29. The standard InChI is InChI=1S/C18H21FN2O2S/c1-15-2-4-16(5-3-15)14-24(22,23)21-12-10-20(11-13-21)18-8-6-17(19)7-9-18/h2-9H,10-14H2,1H3. The molecule has 2 aromatic carbocycles. The van der Waals surface area contributed by atoms with Crippen molar-refractivity contribution in [2.45, 2.75) is 12.7 Å². The number of anilines is 1. The predicted octanol–water partition coefficient (Wildman–Crippen LogP) is 2.79. The first kappa shape index (κ1) is 16.9. The molecule has 1 fully saturated rings. The van der Waals surface area contributed by atoms with Crippen LogP contribution in [0.25, 0.3) is 0 Å². The van der Waals surface area contributed by atoms with Crippen molar-refractivity contribution in [3.05, 3.63) is 65.5 Å². The lowest BCUT2D eigenvalue weighted by atomic mass is 10.2. The minimum Gasteiger partial charge on any atom is -0.369 e. The Morgan fingerprint density at radius 2 is 1.50 bits per heavy atom. The van der Waals surface area contributed by atoms with Crippen LogP contribution < -0.4 is 4.90 Å². The zero-order valence-electron chi connectivity index (χ0n) is 13.7. The van der Waals surface area contributed by atoms with Crippen LogP contribution >= 0.6 is 0 Å². The smallest absolute Gasteiger partial charge is 0.218 e. The van der Waals surface area contributed by atoms with Gasteiger partial charge in [0, 0.05) is 31.9 Å². The highest BCUT2D eigenvalue weighted by molar-refractivity contribution is 7.88. The maximum Gasteiger partial charge on any atom is 0.218 e. The van der Waals surface area contributed by atoms with Gasteiger partial charge in [0.2, 0.25) is 10.0 Å². The lowest BCUT2D eigenvalue weighted by molar-refractivity contribution is 0.384. The van der Waals surface area contributed by atoms with Gasteiger partial charge in [-0.25, -0.2) is 12.8 Å². The molecule has 1 aliphatic heterocycles. The highest BCUT2D eigenvalue weighted by Crippen LogP contribution is 2.19. The van der Waals surface area contributed by atoms with E-state index in [0.29, 0.717) is 26.2 Å². The van der Waals surface area contributed by atoms with E-state index in [1.54, 1.807) is 16.4 Å². The van der Waals surface area contributed by atoms with E-state index in [9.17, 15) is 12.8 Å². The number of nitrogens with zero attached hydrogens (tertiary/aromatic N) is 2. The monoisotopic (exact) mass is 348 g/mol. The second-order valence-electron chi connectivity index (χ2n) is 6.10. The molecule has 0 aromatic heterocycles.